The van der Waals surface area contributed by atoms with E-state index < -0.39 is 5.97 Å². The monoisotopic (exact) mass is 278 g/mol. The Morgan fingerprint density at radius 3 is 2.55 bits per heavy atom. The molecule has 0 bridgehead atoms. The summed E-state index contributed by atoms with van der Waals surface area (Å²) in [6.07, 6.45) is 1.55. The zero-order valence-electron chi connectivity index (χ0n) is 11.4. The van der Waals surface area contributed by atoms with Crippen LogP contribution in [-0.4, -0.2) is 40.0 Å². The lowest BCUT2D eigenvalue weighted by Gasteiger charge is -2.31. The Kier molecular flexibility index (Phi) is 4.22. The van der Waals surface area contributed by atoms with Crippen molar-refractivity contribution in [2.75, 3.05) is 13.1 Å². The summed E-state index contributed by atoms with van der Waals surface area (Å²) in [7, 11) is 0. The van der Waals surface area contributed by atoms with Gasteiger partial charge in [-0.05, 0) is 31.7 Å². The fourth-order valence-electron chi connectivity index (χ4n) is 2.58. The largest absolute Gasteiger partial charge is 0.481 e. The lowest BCUT2D eigenvalue weighted by molar-refractivity contribution is -0.138. The number of aromatic amines is 1. The van der Waals surface area contributed by atoms with Crippen molar-refractivity contribution in [1.29, 1.82) is 0 Å². The van der Waals surface area contributed by atoms with E-state index in [0.29, 0.717) is 37.2 Å². The molecule has 1 aliphatic heterocycles. The first-order chi connectivity index (χ1) is 9.45. The third kappa shape index (κ3) is 3.46. The number of amides is 1. The molecule has 2 rings (SSSR count). The smallest absolute Gasteiger partial charge is 0.303 e. The van der Waals surface area contributed by atoms with Crippen molar-refractivity contribution < 1.29 is 14.7 Å². The highest BCUT2D eigenvalue weighted by molar-refractivity contribution is 5.94. The highest BCUT2D eigenvalue weighted by Gasteiger charge is 2.25. The molecule has 2 heterocycles. The minimum absolute atomic E-state index is 0.137. The molecule has 1 aromatic heterocycles. The number of rotatable bonds is 3. The topological polar surface area (TPSA) is 90.5 Å². The zero-order chi connectivity index (χ0) is 14.7. The highest BCUT2D eigenvalue weighted by Crippen LogP contribution is 2.21. The van der Waals surface area contributed by atoms with Gasteiger partial charge in [0.1, 0.15) is 0 Å². The molecule has 6 nitrogen and oxygen atoms in total. The number of carbonyl (C=O) groups excluding carboxylic acids is 1. The predicted octanol–water partition coefficient (Wildman–Crippen LogP) is 1.01. The van der Waals surface area contributed by atoms with Crippen LogP contribution in [0.2, 0.25) is 0 Å². The second-order valence-corrected chi connectivity index (χ2v) is 5.25. The van der Waals surface area contributed by atoms with Gasteiger partial charge in [-0.15, -0.1) is 0 Å². The molecule has 1 aliphatic rings. The third-order valence-electron chi connectivity index (χ3n) is 3.59. The molecule has 0 spiro atoms. The van der Waals surface area contributed by atoms with Crippen molar-refractivity contribution in [1.82, 2.24) is 9.88 Å². The second-order valence-electron chi connectivity index (χ2n) is 5.25. The molecule has 0 unspecified atom stereocenters. The summed E-state index contributed by atoms with van der Waals surface area (Å²) in [4.78, 5) is 38.6. The summed E-state index contributed by atoms with van der Waals surface area (Å²) in [6, 6.07) is 2.96. The molecule has 6 heteroatoms. The Bertz CT molecular complexity index is 571. The van der Waals surface area contributed by atoms with Crippen LogP contribution in [0.25, 0.3) is 0 Å². The number of aliphatic carboxylic acids is 1. The molecule has 0 atom stereocenters. The van der Waals surface area contributed by atoms with Gasteiger partial charge in [-0.25, -0.2) is 0 Å². The minimum atomic E-state index is -0.792. The van der Waals surface area contributed by atoms with Crippen molar-refractivity contribution in [3.63, 3.8) is 0 Å². The average molecular weight is 278 g/mol. The Morgan fingerprint density at radius 1 is 1.35 bits per heavy atom. The third-order valence-corrected chi connectivity index (χ3v) is 3.59. The molecule has 2 N–H and O–H groups in total. The highest BCUT2D eigenvalue weighted by atomic mass is 16.4. The number of likely N-dealkylation sites (tertiary alicyclic amines) is 1. The van der Waals surface area contributed by atoms with Gasteiger partial charge in [0.15, 0.2) is 0 Å². The summed E-state index contributed by atoms with van der Waals surface area (Å²) in [5.74, 6) is -0.814. The Hall–Kier alpha value is -2.11. The van der Waals surface area contributed by atoms with Crippen LogP contribution in [0.4, 0.5) is 0 Å². The first-order valence-electron chi connectivity index (χ1n) is 6.68. The fraction of sp³-hybridized carbons (Fsp3) is 0.500. The predicted molar refractivity (Wildman–Crippen MR) is 72.7 cm³/mol. The SMILES string of the molecule is Cc1cc(C(=O)N2CCC(CC(=O)O)CC2)cc(=O)[nH]1. The number of carboxylic acid groups (broad SMARTS) is 1. The van der Waals surface area contributed by atoms with Gasteiger partial charge in [-0.1, -0.05) is 0 Å². The molecule has 108 valence electrons. The van der Waals surface area contributed by atoms with E-state index in [1.165, 1.54) is 6.07 Å². The first kappa shape index (κ1) is 14.3. The molecule has 1 aromatic rings. The summed E-state index contributed by atoms with van der Waals surface area (Å²) < 4.78 is 0. The number of piperidine rings is 1. The maximum atomic E-state index is 12.3. The quantitative estimate of drug-likeness (QED) is 0.863. The number of carboxylic acids is 1. The maximum Gasteiger partial charge on any atom is 0.303 e. The lowest BCUT2D eigenvalue weighted by Crippen LogP contribution is -2.39. The number of H-pyrrole nitrogens is 1. The molecule has 0 aliphatic carbocycles. The number of aromatic nitrogens is 1. The Labute approximate surface area is 116 Å². The molecule has 1 saturated heterocycles. The summed E-state index contributed by atoms with van der Waals surface area (Å²) in [5.41, 5.74) is 0.763. The molecular weight excluding hydrogens is 260 g/mol. The van der Waals surface area contributed by atoms with Gasteiger partial charge in [0.05, 0.1) is 0 Å². The minimum Gasteiger partial charge on any atom is -0.481 e. The Morgan fingerprint density at radius 2 is 2.00 bits per heavy atom. The number of pyridine rings is 1. The molecule has 0 radical (unpaired) electrons. The van der Waals surface area contributed by atoms with Gasteiger partial charge in [0, 0.05) is 36.8 Å². The Balaban J connectivity index is 2.01. The van der Waals surface area contributed by atoms with E-state index in [9.17, 15) is 14.4 Å². The van der Waals surface area contributed by atoms with Crippen LogP contribution < -0.4 is 5.56 Å². The maximum absolute atomic E-state index is 12.3. The van der Waals surface area contributed by atoms with E-state index >= 15 is 0 Å². The van der Waals surface area contributed by atoms with E-state index in [4.69, 9.17) is 5.11 Å². The average Bonchev–Trinajstić information content (AvgIpc) is 2.37. The van der Waals surface area contributed by atoms with Crippen LogP contribution in [0.3, 0.4) is 0 Å². The van der Waals surface area contributed by atoms with E-state index in [1.54, 1.807) is 17.9 Å². The van der Waals surface area contributed by atoms with Crippen LogP contribution in [0, 0.1) is 12.8 Å². The molecule has 20 heavy (non-hydrogen) atoms. The standard InChI is InChI=1S/C14H18N2O4/c1-9-6-11(8-12(17)15-9)14(20)16-4-2-10(3-5-16)7-13(18)19/h6,8,10H,2-5,7H2,1H3,(H,15,17)(H,18,19). The van der Waals surface area contributed by atoms with Crippen LogP contribution in [0.5, 0.6) is 0 Å². The van der Waals surface area contributed by atoms with Crippen molar-refractivity contribution in [3.8, 4) is 0 Å². The van der Waals surface area contributed by atoms with Gasteiger partial charge in [0.25, 0.3) is 5.91 Å². The number of aryl methyl sites for hydroxylation is 1. The van der Waals surface area contributed by atoms with Gasteiger partial charge in [-0.3, -0.25) is 14.4 Å². The first-order valence-corrected chi connectivity index (χ1v) is 6.68. The second kappa shape index (κ2) is 5.90. The van der Waals surface area contributed by atoms with Crippen LogP contribution >= 0.6 is 0 Å². The van der Waals surface area contributed by atoms with Gasteiger partial charge in [-0.2, -0.15) is 0 Å². The van der Waals surface area contributed by atoms with Gasteiger partial charge >= 0.3 is 5.97 Å². The molecule has 0 aromatic carbocycles. The number of hydrogen-bond acceptors (Lipinski definition) is 3. The van der Waals surface area contributed by atoms with E-state index in [2.05, 4.69) is 4.98 Å². The molecular formula is C14H18N2O4. The van der Waals surface area contributed by atoms with Crippen LogP contribution in [0.15, 0.2) is 16.9 Å². The lowest BCUT2D eigenvalue weighted by atomic mass is 9.93. The number of nitrogens with zero attached hydrogens (tertiary/aromatic N) is 1. The summed E-state index contributed by atoms with van der Waals surface area (Å²) >= 11 is 0. The van der Waals surface area contributed by atoms with Crippen molar-refractivity contribution >= 4 is 11.9 Å². The van der Waals surface area contributed by atoms with Crippen molar-refractivity contribution in [3.05, 3.63) is 33.7 Å². The summed E-state index contributed by atoms with van der Waals surface area (Å²) in [6.45, 7) is 2.82. The number of hydrogen-bond donors (Lipinski definition) is 2. The molecule has 0 saturated carbocycles. The molecule has 1 fully saturated rings. The van der Waals surface area contributed by atoms with Crippen molar-refractivity contribution in [2.45, 2.75) is 26.2 Å². The van der Waals surface area contributed by atoms with E-state index in [0.717, 1.165) is 0 Å². The van der Waals surface area contributed by atoms with E-state index in [-0.39, 0.29) is 23.8 Å². The van der Waals surface area contributed by atoms with Crippen molar-refractivity contribution in [2.24, 2.45) is 5.92 Å². The normalized spacial score (nSPS) is 16.1. The number of carbonyl (C=O) groups is 2. The number of nitrogens with one attached hydrogen (secondary N) is 1. The van der Waals surface area contributed by atoms with Gasteiger partial charge in [0.2, 0.25) is 5.56 Å². The summed E-state index contributed by atoms with van der Waals surface area (Å²) in [5, 5.41) is 8.76. The van der Waals surface area contributed by atoms with Gasteiger partial charge < -0.3 is 15.0 Å². The van der Waals surface area contributed by atoms with E-state index in [1.807, 2.05) is 0 Å². The van der Waals surface area contributed by atoms with Crippen LogP contribution in [-0.2, 0) is 4.79 Å². The zero-order valence-corrected chi connectivity index (χ0v) is 11.4. The van der Waals surface area contributed by atoms with Crippen LogP contribution in [0.1, 0.15) is 35.3 Å². The fourth-order valence-corrected chi connectivity index (χ4v) is 2.58. The molecule has 1 amide bonds.